The lowest BCUT2D eigenvalue weighted by Crippen LogP contribution is -2.41. The van der Waals surface area contributed by atoms with Gasteiger partial charge in [0.15, 0.2) is 0 Å². The second-order valence-electron chi connectivity index (χ2n) is 8.72. The summed E-state index contributed by atoms with van der Waals surface area (Å²) in [5.74, 6) is 0.223. The van der Waals surface area contributed by atoms with Crippen molar-refractivity contribution < 1.29 is 9.59 Å². The molecule has 172 valence electrons. The van der Waals surface area contributed by atoms with E-state index in [1.54, 1.807) is 0 Å². The number of carbonyl (C=O) groups excluding carboxylic acids is 2. The van der Waals surface area contributed by atoms with Crippen LogP contribution in [-0.4, -0.2) is 24.4 Å². The maximum absolute atomic E-state index is 12.0. The molecule has 0 heterocycles. The molecule has 0 aromatic heterocycles. The third-order valence-corrected chi connectivity index (χ3v) is 5.53. The first kappa shape index (κ1) is 27.9. The molecule has 0 aromatic rings. The van der Waals surface area contributed by atoms with E-state index in [-0.39, 0.29) is 17.9 Å². The quantitative estimate of drug-likeness (QED) is 0.208. The fourth-order valence-corrected chi connectivity index (χ4v) is 3.59. The Bertz CT molecular complexity index is 385. The summed E-state index contributed by atoms with van der Waals surface area (Å²) in [6.07, 6.45) is 21.1. The predicted molar refractivity (Wildman–Crippen MR) is 125 cm³/mol. The summed E-state index contributed by atoms with van der Waals surface area (Å²) in [6, 6.07) is -0.000871. The second kappa shape index (κ2) is 21.6. The van der Waals surface area contributed by atoms with Gasteiger partial charge in [-0.2, -0.15) is 0 Å². The lowest BCUT2D eigenvalue weighted by atomic mass is 10.1. The zero-order valence-corrected chi connectivity index (χ0v) is 19.8. The summed E-state index contributed by atoms with van der Waals surface area (Å²) >= 11 is 0. The van der Waals surface area contributed by atoms with Gasteiger partial charge in [0, 0.05) is 25.4 Å². The number of unbranched alkanes of at least 4 members (excludes halogenated alkanes) is 14. The molecule has 2 amide bonds. The summed E-state index contributed by atoms with van der Waals surface area (Å²) in [7, 11) is 0. The fourth-order valence-electron chi connectivity index (χ4n) is 3.59. The Morgan fingerprint density at radius 3 is 1.41 bits per heavy atom. The highest BCUT2D eigenvalue weighted by Crippen LogP contribution is 2.10. The van der Waals surface area contributed by atoms with Crippen molar-refractivity contribution in [2.75, 3.05) is 6.54 Å². The van der Waals surface area contributed by atoms with Crippen molar-refractivity contribution in [3.63, 3.8) is 0 Å². The summed E-state index contributed by atoms with van der Waals surface area (Å²) in [5.41, 5.74) is 0. The van der Waals surface area contributed by atoms with E-state index in [9.17, 15) is 9.59 Å². The molecular formula is C25H50N2O2. The monoisotopic (exact) mass is 410 g/mol. The summed E-state index contributed by atoms with van der Waals surface area (Å²) in [6.45, 7) is 6.96. The average molecular weight is 411 g/mol. The molecule has 0 bridgehead atoms. The van der Waals surface area contributed by atoms with Crippen molar-refractivity contribution in [2.24, 2.45) is 0 Å². The van der Waals surface area contributed by atoms with E-state index < -0.39 is 0 Å². The van der Waals surface area contributed by atoms with E-state index in [0.29, 0.717) is 19.4 Å². The molecule has 29 heavy (non-hydrogen) atoms. The molecule has 4 nitrogen and oxygen atoms in total. The van der Waals surface area contributed by atoms with Crippen molar-refractivity contribution >= 4 is 11.8 Å². The van der Waals surface area contributed by atoms with Crippen LogP contribution in [-0.2, 0) is 9.59 Å². The first-order valence-electron chi connectivity index (χ1n) is 12.7. The highest BCUT2D eigenvalue weighted by Gasteiger charge is 2.09. The number of amides is 2. The van der Waals surface area contributed by atoms with Crippen molar-refractivity contribution in [3.8, 4) is 0 Å². The zero-order valence-electron chi connectivity index (χ0n) is 19.8. The van der Waals surface area contributed by atoms with Crippen LogP contribution in [0.2, 0.25) is 0 Å². The van der Waals surface area contributed by atoms with E-state index in [2.05, 4.69) is 24.5 Å². The third-order valence-electron chi connectivity index (χ3n) is 5.53. The molecule has 0 rings (SSSR count). The molecule has 0 aliphatic carbocycles. The average Bonchev–Trinajstić information content (AvgIpc) is 2.70. The van der Waals surface area contributed by atoms with Crippen LogP contribution in [0.4, 0.5) is 0 Å². The van der Waals surface area contributed by atoms with Gasteiger partial charge in [-0.15, -0.1) is 0 Å². The molecule has 1 unspecified atom stereocenters. The van der Waals surface area contributed by atoms with Crippen molar-refractivity contribution in [1.82, 2.24) is 10.6 Å². The summed E-state index contributed by atoms with van der Waals surface area (Å²) < 4.78 is 0. The molecule has 4 heteroatoms. The van der Waals surface area contributed by atoms with E-state index in [4.69, 9.17) is 0 Å². The van der Waals surface area contributed by atoms with Crippen molar-refractivity contribution in [2.45, 2.75) is 142 Å². The SMILES string of the molecule is CCCCCCCCCCC(=O)NCC(C)NC(=O)CCCCCCCCCC. The Kier molecular flexibility index (Phi) is 20.9. The van der Waals surface area contributed by atoms with Gasteiger partial charge >= 0.3 is 0 Å². The number of rotatable bonds is 21. The standard InChI is InChI=1S/C25H50N2O2/c1-4-6-8-10-12-14-16-18-20-24(28)26-22-23(3)27-25(29)21-19-17-15-13-11-9-7-5-2/h23H,4-22H2,1-3H3,(H,26,28)(H,27,29). The van der Waals surface area contributed by atoms with Crippen LogP contribution < -0.4 is 10.6 Å². The van der Waals surface area contributed by atoms with E-state index in [1.807, 2.05) is 6.92 Å². The van der Waals surface area contributed by atoms with Gasteiger partial charge in [0.05, 0.1) is 0 Å². The first-order chi connectivity index (χ1) is 14.1. The molecule has 1 atom stereocenters. The summed E-state index contributed by atoms with van der Waals surface area (Å²) in [5, 5.41) is 5.95. The number of hydrogen-bond donors (Lipinski definition) is 2. The Balaban J connectivity index is 3.48. The highest BCUT2D eigenvalue weighted by atomic mass is 16.2. The Hall–Kier alpha value is -1.06. The fraction of sp³-hybridized carbons (Fsp3) is 0.920. The molecule has 0 spiro atoms. The molecule has 0 aromatic carbocycles. The first-order valence-corrected chi connectivity index (χ1v) is 12.7. The topological polar surface area (TPSA) is 58.2 Å². The Morgan fingerprint density at radius 2 is 0.966 bits per heavy atom. The lowest BCUT2D eigenvalue weighted by Gasteiger charge is -2.15. The van der Waals surface area contributed by atoms with Gasteiger partial charge in [-0.1, -0.05) is 104 Å². The van der Waals surface area contributed by atoms with Gasteiger partial charge in [0.2, 0.25) is 11.8 Å². The maximum atomic E-state index is 12.0. The molecule has 0 fully saturated rings. The molecule has 0 saturated heterocycles. The predicted octanol–water partition coefficient (Wildman–Crippen LogP) is 6.67. The van der Waals surface area contributed by atoms with Crippen LogP contribution in [0, 0.1) is 0 Å². The normalized spacial score (nSPS) is 12.0. The van der Waals surface area contributed by atoms with E-state index in [1.165, 1.54) is 77.0 Å². The second-order valence-corrected chi connectivity index (χ2v) is 8.72. The maximum Gasteiger partial charge on any atom is 0.220 e. The van der Waals surface area contributed by atoms with Gasteiger partial charge in [-0.05, 0) is 19.8 Å². The molecule has 0 radical (unpaired) electrons. The van der Waals surface area contributed by atoms with Gasteiger partial charge in [-0.25, -0.2) is 0 Å². The molecular weight excluding hydrogens is 360 g/mol. The van der Waals surface area contributed by atoms with Crippen LogP contribution in [0.25, 0.3) is 0 Å². The van der Waals surface area contributed by atoms with Gasteiger partial charge in [0.1, 0.15) is 0 Å². The van der Waals surface area contributed by atoms with Crippen LogP contribution in [0.3, 0.4) is 0 Å². The largest absolute Gasteiger partial charge is 0.354 e. The minimum absolute atomic E-state index is 0.000871. The van der Waals surface area contributed by atoms with E-state index in [0.717, 1.165) is 25.7 Å². The van der Waals surface area contributed by atoms with Gasteiger partial charge < -0.3 is 10.6 Å². The van der Waals surface area contributed by atoms with Crippen LogP contribution in [0.5, 0.6) is 0 Å². The molecule has 0 aliphatic heterocycles. The van der Waals surface area contributed by atoms with Crippen molar-refractivity contribution in [3.05, 3.63) is 0 Å². The zero-order chi connectivity index (χ0) is 21.6. The van der Waals surface area contributed by atoms with Crippen molar-refractivity contribution in [1.29, 1.82) is 0 Å². The number of carbonyl (C=O) groups is 2. The smallest absolute Gasteiger partial charge is 0.220 e. The summed E-state index contributed by atoms with van der Waals surface area (Å²) in [4.78, 5) is 23.9. The number of hydrogen-bond acceptors (Lipinski definition) is 2. The Labute approximate surface area is 181 Å². The highest BCUT2D eigenvalue weighted by molar-refractivity contribution is 5.77. The molecule has 0 saturated carbocycles. The molecule has 2 N–H and O–H groups in total. The van der Waals surface area contributed by atoms with E-state index >= 15 is 0 Å². The van der Waals surface area contributed by atoms with Crippen LogP contribution >= 0.6 is 0 Å². The molecule has 0 aliphatic rings. The Morgan fingerprint density at radius 1 is 0.586 bits per heavy atom. The van der Waals surface area contributed by atoms with Crippen LogP contribution in [0.1, 0.15) is 136 Å². The minimum Gasteiger partial charge on any atom is -0.354 e. The number of nitrogens with one attached hydrogen (secondary N) is 2. The lowest BCUT2D eigenvalue weighted by molar-refractivity contribution is -0.123. The third kappa shape index (κ3) is 21.5. The van der Waals surface area contributed by atoms with Crippen LogP contribution in [0.15, 0.2) is 0 Å². The van der Waals surface area contributed by atoms with Gasteiger partial charge in [0.25, 0.3) is 0 Å². The minimum atomic E-state index is -0.000871. The van der Waals surface area contributed by atoms with Gasteiger partial charge in [-0.3, -0.25) is 9.59 Å².